The summed E-state index contributed by atoms with van der Waals surface area (Å²) < 4.78 is 4.02. The molecule has 6 nitrogen and oxygen atoms in total. The summed E-state index contributed by atoms with van der Waals surface area (Å²) >= 11 is 0. The maximum atomic E-state index is 4.37. The summed E-state index contributed by atoms with van der Waals surface area (Å²) in [5.41, 5.74) is 0. The molecule has 1 N–H and O–H groups in total. The molecule has 2 aromatic rings. The molecule has 0 aliphatic heterocycles. The maximum absolute atomic E-state index is 4.37. The van der Waals surface area contributed by atoms with E-state index in [-0.39, 0.29) is 0 Å². The van der Waals surface area contributed by atoms with E-state index in [0.717, 1.165) is 24.7 Å². The Bertz CT molecular complexity index is 484. The molecular formula is C12H20N6. The number of aromatic nitrogens is 5. The fourth-order valence-electron chi connectivity index (χ4n) is 1.73. The van der Waals surface area contributed by atoms with Gasteiger partial charge >= 0.3 is 0 Å². The van der Waals surface area contributed by atoms with Crippen molar-refractivity contribution in [3.8, 4) is 0 Å². The van der Waals surface area contributed by atoms with Gasteiger partial charge in [0.2, 0.25) is 0 Å². The fraction of sp³-hybridized carbons (Fsp3) is 0.583. The Morgan fingerprint density at radius 2 is 2.17 bits per heavy atom. The maximum Gasteiger partial charge on any atom is 0.152 e. The molecule has 2 rings (SSSR count). The number of hydrogen-bond donors (Lipinski definition) is 1. The normalized spacial score (nSPS) is 11.3. The summed E-state index contributed by atoms with van der Waals surface area (Å²) in [6, 6.07) is 0. The zero-order valence-electron chi connectivity index (χ0n) is 11.2. The van der Waals surface area contributed by atoms with E-state index in [0.29, 0.717) is 12.5 Å². The predicted molar refractivity (Wildman–Crippen MR) is 68.9 cm³/mol. The highest BCUT2D eigenvalue weighted by Gasteiger charge is 2.06. The third-order valence-electron chi connectivity index (χ3n) is 2.75. The van der Waals surface area contributed by atoms with Gasteiger partial charge < -0.3 is 14.5 Å². The molecule has 6 heteroatoms. The summed E-state index contributed by atoms with van der Waals surface area (Å²) in [6.45, 7) is 6.87. The van der Waals surface area contributed by atoms with Crippen LogP contribution in [-0.2, 0) is 20.1 Å². The zero-order chi connectivity index (χ0) is 13.0. The van der Waals surface area contributed by atoms with E-state index in [2.05, 4.69) is 38.9 Å². The van der Waals surface area contributed by atoms with Crippen LogP contribution in [0.1, 0.15) is 25.5 Å². The third-order valence-corrected chi connectivity index (χ3v) is 2.75. The van der Waals surface area contributed by atoms with Crippen molar-refractivity contribution >= 4 is 0 Å². The SMILES string of the molecule is CC(C)CNCc1nccn1Cc1nncn1C. The predicted octanol–water partition coefficient (Wildman–Crippen LogP) is 0.805. The standard InChI is InChI=1S/C12H20N6/c1-10(2)6-13-7-11-14-4-5-18(11)8-12-16-15-9-17(12)3/h4-5,9-10,13H,6-8H2,1-3H3. The van der Waals surface area contributed by atoms with Crippen LogP contribution in [0.2, 0.25) is 0 Å². The topological polar surface area (TPSA) is 60.6 Å². The Balaban J connectivity index is 1.97. The zero-order valence-corrected chi connectivity index (χ0v) is 11.2. The van der Waals surface area contributed by atoms with Crippen LogP contribution in [0.15, 0.2) is 18.7 Å². The smallest absolute Gasteiger partial charge is 0.152 e. The lowest BCUT2D eigenvalue weighted by molar-refractivity contribution is 0.530. The van der Waals surface area contributed by atoms with Gasteiger partial charge in [-0.2, -0.15) is 0 Å². The molecule has 0 saturated carbocycles. The monoisotopic (exact) mass is 248 g/mol. The lowest BCUT2D eigenvalue weighted by Crippen LogP contribution is -2.22. The summed E-state index contributed by atoms with van der Waals surface area (Å²) in [7, 11) is 1.95. The number of nitrogens with zero attached hydrogens (tertiary/aromatic N) is 5. The molecule has 2 heterocycles. The van der Waals surface area contributed by atoms with Crippen LogP contribution in [0.4, 0.5) is 0 Å². The number of hydrogen-bond acceptors (Lipinski definition) is 4. The van der Waals surface area contributed by atoms with Crippen molar-refractivity contribution in [2.24, 2.45) is 13.0 Å². The molecule has 0 radical (unpaired) electrons. The molecule has 0 fully saturated rings. The Morgan fingerprint density at radius 1 is 1.33 bits per heavy atom. The van der Waals surface area contributed by atoms with Crippen LogP contribution in [0.5, 0.6) is 0 Å². The average Bonchev–Trinajstić information content (AvgIpc) is 2.90. The molecule has 0 atom stereocenters. The van der Waals surface area contributed by atoms with Crippen LogP contribution >= 0.6 is 0 Å². The molecular weight excluding hydrogens is 228 g/mol. The van der Waals surface area contributed by atoms with E-state index in [1.54, 1.807) is 6.33 Å². The van der Waals surface area contributed by atoms with Crippen molar-refractivity contribution < 1.29 is 0 Å². The molecule has 98 valence electrons. The molecule has 2 aromatic heterocycles. The van der Waals surface area contributed by atoms with Gasteiger partial charge in [0.25, 0.3) is 0 Å². The van der Waals surface area contributed by atoms with Gasteiger partial charge in [-0.15, -0.1) is 10.2 Å². The molecule has 0 saturated heterocycles. The van der Waals surface area contributed by atoms with Crippen molar-refractivity contribution in [2.45, 2.75) is 26.9 Å². The summed E-state index contributed by atoms with van der Waals surface area (Å²) in [6.07, 6.45) is 5.51. The minimum atomic E-state index is 0.646. The van der Waals surface area contributed by atoms with Crippen molar-refractivity contribution in [3.05, 3.63) is 30.4 Å². The summed E-state index contributed by atoms with van der Waals surface area (Å²) in [4.78, 5) is 4.37. The van der Waals surface area contributed by atoms with Crippen LogP contribution in [0.3, 0.4) is 0 Å². The van der Waals surface area contributed by atoms with E-state index in [1.807, 2.05) is 24.0 Å². The highest BCUT2D eigenvalue weighted by molar-refractivity contribution is 4.97. The minimum absolute atomic E-state index is 0.646. The first-order valence-electron chi connectivity index (χ1n) is 6.20. The second-order valence-electron chi connectivity index (χ2n) is 4.85. The minimum Gasteiger partial charge on any atom is -0.326 e. The second kappa shape index (κ2) is 5.77. The highest BCUT2D eigenvalue weighted by atomic mass is 15.3. The van der Waals surface area contributed by atoms with Crippen LogP contribution in [-0.4, -0.2) is 30.9 Å². The number of rotatable bonds is 6. The molecule has 0 spiro atoms. The molecule has 0 amide bonds. The Labute approximate surface area is 107 Å². The van der Waals surface area contributed by atoms with Crippen molar-refractivity contribution in [3.63, 3.8) is 0 Å². The summed E-state index contributed by atoms with van der Waals surface area (Å²) in [5, 5.41) is 11.4. The molecule has 0 bridgehead atoms. The fourth-order valence-corrected chi connectivity index (χ4v) is 1.73. The van der Waals surface area contributed by atoms with Gasteiger partial charge in [0.15, 0.2) is 5.82 Å². The third kappa shape index (κ3) is 3.16. The van der Waals surface area contributed by atoms with E-state index in [4.69, 9.17) is 0 Å². The first kappa shape index (κ1) is 12.8. The average molecular weight is 248 g/mol. The lowest BCUT2D eigenvalue weighted by Gasteiger charge is -2.09. The van der Waals surface area contributed by atoms with Crippen LogP contribution in [0.25, 0.3) is 0 Å². The number of imidazole rings is 1. The van der Waals surface area contributed by atoms with E-state index < -0.39 is 0 Å². The second-order valence-corrected chi connectivity index (χ2v) is 4.85. The van der Waals surface area contributed by atoms with E-state index in [1.165, 1.54) is 0 Å². The van der Waals surface area contributed by atoms with Gasteiger partial charge in [0.1, 0.15) is 12.2 Å². The van der Waals surface area contributed by atoms with Gasteiger partial charge in [0, 0.05) is 19.4 Å². The molecule has 0 aliphatic carbocycles. The van der Waals surface area contributed by atoms with Gasteiger partial charge in [-0.1, -0.05) is 13.8 Å². The Morgan fingerprint density at radius 3 is 2.83 bits per heavy atom. The Hall–Kier alpha value is -1.69. The van der Waals surface area contributed by atoms with Crippen molar-refractivity contribution in [1.29, 1.82) is 0 Å². The molecule has 18 heavy (non-hydrogen) atoms. The van der Waals surface area contributed by atoms with Gasteiger partial charge in [-0.25, -0.2) is 4.98 Å². The molecule has 0 unspecified atom stereocenters. The Kier molecular flexibility index (Phi) is 4.09. The quantitative estimate of drug-likeness (QED) is 0.821. The van der Waals surface area contributed by atoms with Crippen molar-refractivity contribution in [2.75, 3.05) is 6.54 Å². The lowest BCUT2D eigenvalue weighted by atomic mass is 10.2. The number of nitrogens with one attached hydrogen (secondary N) is 1. The van der Waals surface area contributed by atoms with Gasteiger partial charge in [-0.05, 0) is 12.5 Å². The number of aryl methyl sites for hydroxylation is 1. The van der Waals surface area contributed by atoms with Crippen LogP contribution in [0, 0.1) is 5.92 Å². The van der Waals surface area contributed by atoms with Crippen molar-refractivity contribution in [1.82, 2.24) is 29.6 Å². The molecule has 0 aliphatic rings. The van der Waals surface area contributed by atoms with E-state index >= 15 is 0 Å². The van der Waals surface area contributed by atoms with Gasteiger partial charge in [-0.3, -0.25) is 0 Å². The first-order valence-corrected chi connectivity index (χ1v) is 6.20. The first-order chi connectivity index (χ1) is 8.66. The highest BCUT2D eigenvalue weighted by Crippen LogP contribution is 2.02. The summed E-state index contributed by atoms with van der Waals surface area (Å²) in [5.74, 6) is 2.60. The van der Waals surface area contributed by atoms with E-state index in [9.17, 15) is 0 Å². The van der Waals surface area contributed by atoms with Crippen LogP contribution < -0.4 is 5.32 Å². The largest absolute Gasteiger partial charge is 0.326 e. The van der Waals surface area contributed by atoms with Gasteiger partial charge in [0.05, 0.1) is 13.1 Å². The molecule has 0 aromatic carbocycles.